The topological polar surface area (TPSA) is 98.0 Å². The van der Waals surface area contributed by atoms with Gasteiger partial charge in [-0.15, -0.1) is 0 Å². The third-order valence-corrected chi connectivity index (χ3v) is 9.55. The number of aromatic hydroxyl groups is 3. The number of phenols is 3. The highest BCUT2D eigenvalue weighted by Gasteiger charge is 2.50. The quantitative estimate of drug-likeness (QED) is 0.228. The van der Waals surface area contributed by atoms with E-state index < -0.39 is 27.6 Å². The molecule has 0 spiro atoms. The molecule has 5 heteroatoms. The van der Waals surface area contributed by atoms with Gasteiger partial charge in [-0.3, -0.25) is 4.79 Å². The molecule has 0 fully saturated rings. The first-order valence-electron chi connectivity index (χ1n) is 15.1. The Morgan fingerprint density at radius 1 is 0.442 bits per heavy atom. The number of carbonyl (C=O) groups is 1. The van der Waals surface area contributed by atoms with Crippen molar-refractivity contribution in [3.05, 3.63) is 85.0 Å². The van der Waals surface area contributed by atoms with Gasteiger partial charge in [-0.1, -0.05) is 62.3 Å². The maximum Gasteiger partial charge on any atom is 0.323 e. The predicted octanol–water partition coefficient (Wildman–Crippen LogP) is 8.97. The fourth-order valence-corrected chi connectivity index (χ4v) is 6.37. The number of carboxylic acids is 1. The first-order valence-corrected chi connectivity index (χ1v) is 15.1. The van der Waals surface area contributed by atoms with Gasteiger partial charge in [0.1, 0.15) is 22.7 Å². The number of aliphatic carboxylic acids is 1. The lowest BCUT2D eigenvalue weighted by atomic mass is 9.62. The van der Waals surface area contributed by atoms with E-state index >= 15 is 0 Å². The fourth-order valence-electron chi connectivity index (χ4n) is 6.37. The minimum atomic E-state index is -1.74. The summed E-state index contributed by atoms with van der Waals surface area (Å²) in [6, 6.07) is 5.59. The van der Waals surface area contributed by atoms with Gasteiger partial charge >= 0.3 is 5.97 Å². The predicted molar refractivity (Wildman–Crippen MR) is 176 cm³/mol. The highest BCUT2D eigenvalue weighted by Crippen LogP contribution is 2.52. The van der Waals surface area contributed by atoms with Gasteiger partial charge in [-0.05, 0) is 143 Å². The standard InChI is InChI=1S/C38H52O5/c1-19-22(4)31(39)28(35(7,8)9)16-25(19)38(34(42)43,26-17-29(36(10,11)12)32(40)23(5)20(26)2)27-18-30(37(13,14)15)33(41)24(6)21(27)3/h16-18,39-41H,1-15H3,(H,42,43). The van der Waals surface area contributed by atoms with E-state index in [4.69, 9.17) is 0 Å². The maximum atomic E-state index is 14.4. The lowest BCUT2D eigenvalue weighted by Crippen LogP contribution is -2.42. The summed E-state index contributed by atoms with van der Waals surface area (Å²) in [5.74, 6) is -0.579. The third kappa shape index (κ3) is 5.30. The van der Waals surface area contributed by atoms with Crippen molar-refractivity contribution >= 4 is 5.97 Å². The van der Waals surface area contributed by atoms with Gasteiger partial charge in [-0.25, -0.2) is 0 Å². The molecule has 0 saturated carbocycles. The highest BCUT2D eigenvalue weighted by molar-refractivity contribution is 5.94. The van der Waals surface area contributed by atoms with Gasteiger partial charge in [0.05, 0.1) is 0 Å². The normalized spacial score (nSPS) is 13.0. The first-order chi connectivity index (χ1) is 19.3. The maximum absolute atomic E-state index is 14.4. The van der Waals surface area contributed by atoms with E-state index in [0.717, 1.165) is 0 Å². The Labute approximate surface area is 258 Å². The Kier molecular flexibility index (Phi) is 8.39. The summed E-state index contributed by atoms with van der Waals surface area (Å²) in [4.78, 5) is 14.4. The molecular weight excluding hydrogens is 536 g/mol. The Balaban J connectivity index is 2.88. The summed E-state index contributed by atoms with van der Waals surface area (Å²) in [7, 11) is 0. The van der Waals surface area contributed by atoms with E-state index in [-0.39, 0.29) is 17.2 Å². The molecule has 234 valence electrons. The lowest BCUT2D eigenvalue weighted by molar-refractivity contribution is -0.140. The van der Waals surface area contributed by atoms with Crippen molar-refractivity contribution in [2.24, 2.45) is 0 Å². The molecule has 0 saturated heterocycles. The van der Waals surface area contributed by atoms with Gasteiger partial charge in [0, 0.05) is 0 Å². The Hall–Kier alpha value is -3.47. The number of benzene rings is 3. The molecule has 0 unspecified atom stereocenters. The Morgan fingerprint density at radius 2 is 0.651 bits per heavy atom. The first kappa shape index (κ1) is 34.0. The van der Waals surface area contributed by atoms with E-state index in [0.29, 0.717) is 66.8 Å². The summed E-state index contributed by atoms with van der Waals surface area (Å²) >= 11 is 0. The van der Waals surface area contributed by atoms with Crippen LogP contribution in [0.15, 0.2) is 18.2 Å². The fraction of sp³-hybridized carbons (Fsp3) is 0.500. The van der Waals surface area contributed by atoms with Crippen LogP contribution >= 0.6 is 0 Å². The molecule has 0 radical (unpaired) electrons. The average molecular weight is 589 g/mol. The summed E-state index contributed by atoms with van der Waals surface area (Å²) in [6.07, 6.45) is 0. The van der Waals surface area contributed by atoms with Crippen molar-refractivity contribution in [1.29, 1.82) is 0 Å². The molecule has 0 amide bonds. The second-order valence-corrected chi connectivity index (χ2v) is 15.5. The zero-order valence-corrected chi connectivity index (χ0v) is 28.9. The summed E-state index contributed by atoms with van der Waals surface area (Å²) in [5, 5.41) is 45.8. The molecular formula is C38H52O5. The van der Waals surface area contributed by atoms with Gasteiger partial charge in [0.25, 0.3) is 0 Å². The van der Waals surface area contributed by atoms with Crippen LogP contribution in [-0.2, 0) is 26.5 Å². The van der Waals surface area contributed by atoms with Crippen LogP contribution in [-0.4, -0.2) is 26.4 Å². The van der Waals surface area contributed by atoms with Crippen LogP contribution in [0.25, 0.3) is 0 Å². The number of rotatable bonds is 4. The smallest absolute Gasteiger partial charge is 0.323 e. The van der Waals surface area contributed by atoms with Crippen LogP contribution in [0.1, 0.15) is 129 Å². The largest absolute Gasteiger partial charge is 0.507 e. The molecule has 0 aromatic heterocycles. The van der Waals surface area contributed by atoms with Crippen LogP contribution < -0.4 is 0 Å². The monoisotopic (exact) mass is 588 g/mol. The molecule has 0 aliphatic carbocycles. The average Bonchev–Trinajstić information content (AvgIpc) is 2.85. The summed E-state index contributed by atoms with van der Waals surface area (Å²) in [6.45, 7) is 29.2. The van der Waals surface area contributed by atoms with E-state index in [1.54, 1.807) is 0 Å². The van der Waals surface area contributed by atoms with E-state index in [9.17, 15) is 25.2 Å². The van der Waals surface area contributed by atoms with Gasteiger partial charge in [0.2, 0.25) is 0 Å². The van der Waals surface area contributed by atoms with Crippen molar-refractivity contribution in [2.45, 2.75) is 126 Å². The van der Waals surface area contributed by atoms with Crippen LogP contribution in [0.2, 0.25) is 0 Å². The molecule has 3 rings (SSSR count). The number of hydrogen-bond donors (Lipinski definition) is 4. The van der Waals surface area contributed by atoms with Gasteiger partial charge in [0.15, 0.2) is 0 Å². The lowest BCUT2D eigenvalue weighted by Gasteiger charge is -2.39. The van der Waals surface area contributed by atoms with Crippen LogP contribution in [0.5, 0.6) is 17.2 Å². The zero-order valence-electron chi connectivity index (χ0n) is 28.9. The van der Waals surface area contributed by atoms with Crippen LogP contribution in [0.4, 0.5) is 0 Å². The third-order valence-electron chi connectivity index (χ3n) is 9.55. The van der Waals surface area contributed by atoms with Gasteiger partial charge < -0.3 is 20.4 Å². The molecule has 3 aromatic carbocycles. The van der Waals surface area contributed by atoms with Crippen LogP contribution in [0, 0.1) is 41.5 Å². The second kappa shape index (κ2) is 10.6. The molecule has 0 atom stereocenters. The zero-order chi connectivity index (χ0) is 33.4. The second-order valence-electron chi connectivity index (χ2n) is 15.5. The van der Waals surface area contributed by atoms with Crippen LogP contribution in [0.3, 0.4) is 0 Å². The number of phenolic OH excluding ortho intramolecular Hbond substituents is 3. The molecule has 0 aliphatic heterocycles. The molecule has 0 heterocycles. The summed E-state index contributed by atoms with van der Waals surface area (Å²) in [5.41, 5.74) is 4.38. The minimum Gasteiger partial charge on any atom is -0.507 e. The molecule has 4 N–H and O–H groups in total. The van der Waals surface area contributed by atoms with Crippen molar-refractivity contribution in [2.75, 3.05) is 0 Å². The van der Waals surface area contributed by atoms with E-state index in [1.165, 1.54) is 0 Å². The Morgan fingerprint density at radius 3 is 0.814 bits per heavy atom. The van der Waals surface area contributed by atoms with E-state index in [1.807, 2.05) is 122 Å². The Bertz CT molecular complexity index is 1440. The molecule has 5 nitrogen and oxygen atoms in total. The van der Waals surface area contributed by atoms with Crippen molar-refractivity contribution < 1.29 is 25.2 Å². The SMILES string of the molecule is Cc1c(C(C(=O)O)(c2cc(C(C)(C)C)c(O)c(C)c2C)c2cc(C(C)(C)C)c(O)c(C)c2C)cc(C(C)(C)C)c(O)c1C. The number of carboxylic acid groups (broad SMARTS) is 1. The minimum absolute atomic E-state index is 0.163. The summed E-state index contributed by atoms with van der Waals surface area (Å²) < 4.78 is 0. The molecule has 43 heavy (non-hydrogen) atoms. The van der Waals surface area contributed by atoms with Crippen molar-refractivity contribution in [3.8, 4) is 17.2 Å². The highest BCUT2D eigenvalue weighted by atomic mass is 16.4. The van der Waals surface area contributed by atoms with E-state index in [2.05, 4.69) is 0 Å². The number of hydrogen-bond acceptors (Lipinski definition) is 4. The van der Waals surface area contributed by atoms with Crippen molar-refractivity contribution in [1.82, 2.24) is 0 Å². The van der Waals surface area contributed by atoms with Crippen molar-refractivity contribution in [3.63, 3.8) is 0 Å². The molecule has 0 aliphatic rings. The molecule has 0 bridgehead atoms. The van der Waals surface area contributed by atoms with Gasteiger partial charge in [-0.2, -0.15) is 0 Å². The molecule has 3 aromatic rings.